The molecule has 0 saturated carbocycles. The number of rotatable bonds is 3. The molecule has 1 aliphatic rings. The van der Waals surface area contributed by atoms with Crippen LogP contribution >= 0.6 is 0 Å². The summed E-state index contributed by atoms with van der Waals surface area (Å²) < 4.78 is 27.6. The van der Waals surface area contributed by atoms with Crippen molar-refractivity contribution in [3.63, 3.8) is 0 Å². The molecule has 24 heavy (non-hydrogen) atoms. The third kappa shape index (κ3) is 2.37. The third-order valence-corrected chi connectivity index (χ3v) is 6.10. The molecule has 122 valence electrons. The molecule has 0 fully saturated rings. The molecular weight excluding hydrogens is 320 g/mol. The Morgan fingerprint density at radius 2 is 1.79 bits per heavy atom. The van der Waals surface area contributed by atoms with Crippen molar-refractivity contribution in [1.29, 1.82) is 0 Å². The molecule has 2 aromatic carbocycles. The molecule has 0 radical (unpaired) electrons. The van der Waals surface area contributed by atoms with Gasteiger partial charge in [0.05, 0.1) is 10.4 Å². The van der Waals surface area contributed by atoms with Crippen LogP contribution in [0.2, 0.25) is 0 Å². The van der Waals surface area contributed by atoms with E-state index in [1.807, 2.05) is 43.3 Å². The van der Waals surface area contributed by atoms with E-state index in [1.54, 1.807) is 18.3 Å². The fourth-order valence-corrected chi connectivity index (χ4v) is 4.48. The number of hydrogen-bond donors (Lipinski definition) is 1. The van der Waals surface area contributed by atoms with Gasteiger partial charge in [-0.2, -0.15) is 0 Å². The first-order valence-electron chi connectivity index (χ1n) is 7.90. The zero-order valence-corrected chi connectivity index (χ0v) is 14.2. The van der Waals surface area contributed by atoms with Gasteiger partial charge >= 0.3 is 0 Å². The van der Waals surface area contributed by atoms with E-state index < -0.39 is 10.0 Å². The van der Waals surface area contributed by atoms with E-state index in [0.717, 1.165) is 35.2 Å². The SMILES string of the molecule is Cc1ccc(S(=O)(=O)n2cc(C3=CCNC3)c3ccccc32)cc1. The molecule has 3 aromatic rings. The van der Waals surface area contributed by atoms with Crippen molar-refractivity contribution >= 4 is 26.5 Å². The molecular formula is C19H18N2O2S. The molecule has 0 aliphatic carbocycles. The van der Waals surface area contributed by atoms with Gasteiger partial charge in [0, 0.05) is 30.2 Å². The summed E-state index contributed by atoms with van der Waals surface area (Å²) in [6.07, 6.45) is 3.86. The first-order chi connectivity index (χ1) is 11.6. The molecule has 5 heteroatoms. The van der Waals surface area contributed by atoms with E-state index in [-0.39, 0.29) is 0 Å². The van der Waals surface area contributed by atoms with Crippen molar-refractivity contribution < 1.29 is 8.42 Å². The number of hydrogen-bond acceptors (Lipinski definition) is 3. The molecule has 4 nitrogen and oxygen atoms in total. The second kappa shape index (κ2) is 5.61. The zero-order valence-electron chi connectivity index (χ0n) is 13.4. The summed E-state index contributed by atoms with van der Waals surface area (Å²) in [6.45, 7) is 3.53. The Labute approximate surface area is 141 Å². The Balaban J connectivity index is 1.95. The maximum atomic E-state index is 13.1. The van der Waals surface area contributed by atoms with E-state index >= 15 is 0 Å². The smallest absolute Gasteiger partial charge is 0.268 e. The number of para-hydroxylation sites is 1. The van der Waals surface area contributed by atoms with E-state index in [0.29, 0.717) is 10.4 Å². The van der Waals surface area contributed by atoms with Gasteiger partial charge in [-0.3, -0.25) is 0 Å². The standard InChI is InChI=1S/C19H18N2O2S/c1-14-6-8-16(9-7-14)24(22,23)21-13-18(15-10-11-20-12-15)17-4-2-3-5-19(17)21/h2-10,13,20H,11-12H2,1H3. The molecule has 1 aliphatic heterocycles. The van der Waals surface area contributed by atoms with Crippen LogP contribution in [0.3, 0.4) is 0 Å². The van der Waals surface area contributed by atoms with Gasteiger partial charge in [0.25, 0.3) is 10.0 Å². The number of nitrogens with one attached hydrogen (secondary N) is 1. The molecule has 0 atom stereocenters. The lowest BCUT2D eigenvalue weighted by atomic mass is 10.1. The second-order valence-electron chi connectivity index (χ2n) is 6.03. The number of aryl methyl sites for hydroxylation is 1. The minimum absolute atomic E-state index is 0.305. The maximum absolute atomic E-state index is 13.1. The largest absolute Gasteiger partial charge is 0.309 e. The van der Waals surface area contributed by atoms with Crippen LogP contribution in [0, 0.1) is 6.92 Å². The van der Waals surface area contributed by atoms with Crippen LogP contribution in [0.5, 0.6) is 0 Å². The highest BCUT2D eigenvalue weighted by Gasteiger charge is 2.22. The summed E-state index contributed by atoms with van der Waals surface area (Å²) >= 11 is 0. The van der Waals surface area contributed by atoms with Gasteiger partial charge in [0.2, 0.25) is 0 Å². The first kappa shape index (κ1) is 15.2. The van der Waals surface area contributed by atoms with Crippen molar-refractivity contribution in [2.75, 3.05) is 13.1 Å². The molecule has 4 rings (SSSR count). The van der Waals surface area contributed by atoms with Crippen molar-refractivity contribution in [2.45, 2.75) is 11.8 Å². The minimum atomic E-state index is -3.62. The molecule has 1 N–H and O–H groups in total. The van der Waals surface area contributed by atoms with Gasteiger partial charge in [-0.25, -0.2) is 12.4 Å². The Kier molecular flexibility index (Phi) is 3.55. The number of benzene rings is 2. The van der Waals surface area contributed by atoms with Crippen molar-refractivity contribution in [2.24, 2.45) is 0 Å². The van der Waals surface area contributed by atoms with Crippen LogP contribution in [0.25, 0.3) is 16.5 Å². The van der Waals surface area contributed by atoms with Gasteiger partial charge in [-0.05, 0) is 30.7 Å². The van der Waals surface area contributed by atoms with Gasteiger partial charge in [-0.1, -0.05) is 42.0 Å². The summed E-state index contributed by atoms with van der Waals surface area (Å²) in [5, 5.41) is 4.23. The quantitative estimate of drug-likeness (QED) is 0.798. The number of fused-ring (bicyclic) bond motifs is 1. The average molecular weight is 338 g/mol. The van der Waals surface area contributed by atoms with Crippen LogP contribution in [-0.4, -0.2) is 25.5 Å². The third-order valence-electron chi connectivity index (χ3n) is 4.41. The lowest BCUT2D eigenvalue weighted by molar-refractivity contribution is 0.589. The Morgan fingerprint density at radius 1 is 1.04 bits per heavy atom. The van der Waals surface area contributed by atoms with E-state index in [1.165, 1.54) is 3.97 Å². The molecule has 0 bridgehead atoms. The van der Waals surface area contributed by atoms with E-state index in [9.17, 15) is 8.42 Å². The van der Waals surface area contributed by atoms with E-state index in [4.69, 9.17) is 0 Å². The van der Waals surface area contributed by atoms with Gasteiger partial charge in [0.1, 0.15) is 0 Å². The fourth-order valence-electron chi connectivity index (χ4n) is 3.11. The van der Waals surface area contributed by atoms with Crippen LogP contribution in [0.1, 0.15) is 11.1 Å². The summed E-state index contributed by atoms with van der Waals surface area (Å²) in [4.78, 5) is 0.305. The Hall–Kier alpha value is -2.37. The number of aromatic nitrogens is 1. The van der Waals surface area contributed by atoms with Crippen molar-refractivity contribution in [3.05, 3.63) is 71.9 Å². The van der Waals surface area contributed by atoms with Gasteiger partial charge in [-0.15, -0.1) is 0 Å². The molecule has 1 aromatic heterocycles. The Bertz CT molecular complexity index is 1040. The molecule has 0 spiro atoms. The predicted molar refractivity (Wildman–Crippen MR) is 96.5 cm³/mol. The van der Waals surface area contributed by atoms with Crippen LogP contribution in [0.15, 0.2) is 65.7 Å². The molecule has 0 saturated heterocycles. The highest BCUT2D eigenvalue weighted by molar-refractivity contribution is 7.90. The lowest BCUT2D eigenvalue weighted by Gasteiger charge is -2.07. The van der Waals surface area contributed by atoms with Gasteiger partial charge < -0.3 is 5.32 Å². The van der Waals surface area contributed by atoms with Crippen LogP contribution < -0.4 is 5.32 Å². The maximum Gasteiger partial charge on any atom is 0.268 e. The topological polar surface area (TPSA) is 51.1 Å². The lowest BCUT2D eigenvalue weighted by Crippen LogP contribution is -2.12. The number of nitrogens with zero attached hydrogens (tertiary/aromatic N) is 1. The van der Waals surface area contributed by atoms with Gasteiger partial charge in [0.15, 0.2) is 0 Å². The predicted octanol–water partition coefficient (Wildman–Crippen LogP) is 3.17. The summed E-state index contributed by atoms with van der Waals surface area (Å²) in [7, 11) is -3.62. The van der Waals surface area contributed by atoms with Crippen molar-refractivity contribution in [1.82, 2.24) is 9.29 Å². The Morgan fingerprint density at radius 3 is 2.50 bits per heavy atom. The fraction of sp³-hybridized carbons (Fsp3) is 0.158. The minimum Gasteiger partial charge on any atom is -0.309 e. The monoisotopic (exact) mass is 338 g/mol. The second-order valence-corrected chi connectivity index (χ2v) is 7.85. The molecule has 0 amide bonds. The average Bonchev–Trinajstić information content (AvgIpc) is 3.23. The highest BCUT2D eigenvalue weighted by Crippen LogP contribution is 2.31. The zero-order chi connectivity index (χ0) is 16.7. The summed E-state index contributed by atoms with van der Waals surface area (Å²) in [5.74, 6) is 0. The van der Waals surface area contributed by atoms with Crippen LogP contribution in [0.4, 0.5) is 0 Å². The summed E-state index contributed by atoms with van der Waals surface area (Å²) in [6, 6.07) is 14.6. The highest BCUT2D eigenvalue weighted by atomic mass is 32.2. The summed E-state index contributed by atoms with van der Waals surface area (Å²) in [5.41, 5.74) is 3.87. The normalized spacial score (nSPS) is 15.0. The molecule has 2 heterocycles. The van der Waals surface area contributed by atoms with Crippen LogP contribution in [-0.2, 0) is 10.0 Å². The first-order valence-corrected chi connectivity index (χ1v) is 9.34. The van der Waals surface area contributed by atoms with Crippen molar-refractivity contribution in [3.8, 4) is 0 Å². The molecule has 0 unspecified atom stereocenters. The van der Waals surface area contributed by atoms with E-state index in [2.05, 4.69) is 11.4 Å².